The molecule has 0 atom stereocenters. The van der Waals surface area contributed by atoms with Crippen LogP contribution in [0.1, 0.15) is 12.8 Å². The number of fused-ring (bicyclic) bond motifs is 1. The Hall–Kier alpha value is -2.99. The standard InChI is InChI=1S/C21H21N3O3/c25-19(22-16-10-12-27-13-11-16)14-24-21(26)18-9-5-4-8-17(18)20(23-24)15-6-2-1-3-7-15/h1-9,16H,10-14H2,(H,22,25). The number of carbonyl (C=O) groups excluding carboxylic acids is 1. The lowest BCUT2D eigenvalue weighted by molar-refractivity contribution is -0.123. The highest BCUT2D eigenvalue weighted by Gasteiger charge is 2.18. The third-order valence-electron chi connectivity index (χ3n) is 4.79. The largest absolute Gasteiger partial charge is 0.381 e. The number of hydrogen-bond acceptors (Lipinski definition) is 4. The molecule has 6 heteroatoms. The molecule has 3 aromatic rings. The van der Waals surface area contributed by atoms with E-state index < -0.39 is 0 Å². The third kappa shape index (κ3) is 3.75. The monoisotopic (exact) mass is 363 g/mol. The zero-order valence-corrected chi connectivity index (χ0v) is 14.9. The van der Waals surface area contributed by atoms with Crippen LogP contribution in [0, 0.1) is 0 Å². The lowest BCUT2D eigenvalue weighted by atomic mass is 10.1. The highest BCUT2D eigenvalue weighted by Crippen LogP contribution is 2.24. The van der Waals surface area contributed by atoms with E-state index in [9.17, 15) is 9.59 Å². The average Bonchev–Trinajstić information content (AvgIpc) is 2.71. The van der Waals surface area contributed by atoms with Crippen molar-refractivity contribution in [1.29, 1.82) is 0 Å². The van der Waals surface area contributed by atoms with E-state index >= 15 is 0 Å². The predicted octanol–water partition coefficient (Wildman–Crippen LogP) is 2.36. The molecule has 1 N–H and O–H groups in total. The molecule has 27 heavy (non-hydrogen) atoms. The van der Waals surface area contributed by atoms with Gasteiger partial charge in [0.25, 0.3) is 5.56 Å². The van der Waals surface area contributed by atoms with Gasteiger partial charge in [-0.05, 0) is 18.9 Å². The summed E-state index contributed by atoms with van der Waals surface area (Å²) in [5.41, 5.74) is 1.35. The van der Waals surface area contributed by atoms with Crippen molar-refractivity contribution in [1.82, 2.24) is 15.1 Å². The van der Waals surface area contributed by atoms with Crippen molar-refractivity contribution in [2.24, 2.45) is 0 Å². The summed E-state index contributed by atoms with van der Waals surface area (Å²) >= 11 is 0. The second-order valence-electron chi connectivity index (χ2n) is 6.68. The molecule has 0 aliphatic carbocycles. The van der Waals surface area contributed by atoms with Gasteiger partial charge in [-0.2, -0.15) is 5.10 Å². The summed E-state index contributed by atoms with van der Waals surface area (Å²) in [6, 6.07) is 17.2. The van der Waals surface area contributed by atoms with E-state index in [1.807, 2.05) is 48.5 Å². The van der Waals surface area contributed by atoms with E-state index in [4.69, 9.17) is 4.74 Å². The van der Waals surface area contributed by atoms with Gasteiger partial charge in [0, 0.05) is 30.2 Å². The number of hydrogen-bond donors (Lipinski definition) is 1. The van der Waals surface area contributed by atoms with Crippen LogP contribution in [-0.2, 0) is 16.1 Å². The minimum atomic E-state index is -0.257. The van der Waals surface area contributed by atoms with Crippen molar-refractivity contribution >= 4 is 16.7 Å². The summed E-state index contributed by atoms with van der Waals surface area (Å²) in [7, 11) is 0. The summed E-state index contributed by atoms with van der Waals surface area (Å²) in [5, 5.41) is 8.85. The van der Waals surface area contributed by atoms with E-state index in [0.29, 0.717) is 24.3 Å². The van der Waals surface area contributed by atoms with Crippen LogP contribution in [0.25, 0.3) is 22.0 Å². The molecule has 0 spiro atoms. The number of amides is 1. The summed E-state index contributed by atoms with van der Waals surface area (Å²) in [6.07, 6.45) is 1.59. The molecule has 0 bridgehead atoms. The Morgan fingerprint density at radius 2 is 1.70 bits per heavy atom. The second-order valence-corrected chi connectivity index (χ2v) is 6.68. The van der Waals surface area contributed by atoms with Gasteiger partial charge in [0.05, 0.1) is 11.1 Å². The average molecular weight is 363 g/mol. The maximum absolute atomic E-state index is 12.8. The number of rotatable bonds is 4. The van der Waals surface area contributed by atoms with Crippen LogP contribution in [0.4, 0.5) is 0 Å². The molecule has 6 nitrogen and oxygen atoms in total. The smallest absolute Gasteiger partial charge is 0.275 e. The minimum Gasteiger partial charge on any atom is -0.381 e. The zero-order chi connectivity index (χ0) is 18.6. The molecule has 2 aromatic carbocycles. The molecule has 1 aliphatic rings. The topological polar surface area (TPSA) is 73.2 Å². The van der Waals surface area contributed by atoms with Gasteiger partial charge in [-0.3, -0.25) is 9.59 Å². The molecule has 0 unspecified atom stereocenters. The first-order valence-corrected chi connectivity index (χ1v) is 9.15. The molecule has 0 saturated carbocycles. The van der Waals surface area contributed by atoms with Crippen LogP contribution in [0.5, 0.6) is 0 Å². The molecule has 1 fully saturated rings. The van der Waals surface area contributed by atoms with Crippen LogP contribution in [0.15, 0.2) is 59.4 Å². The van der Waals surface area contributed by atoms with Gasteiger partial charge in [-0.25, -0.2) is 4.68 Å². The van der Waals surface area contributed by atoms with Crippen molar-refractivity contribution in [3.63, 3.8) is 0 Å². The number of nitrogens with zero attached hydrogens (tertiary/aromatic N) is 2. The van der Waals surface area contributed by atoms with E-state index in [-0.39, 0.29) is 24.1 Å². The van der Waals surface area contributed by atoms with Crippen LogP contribution in [0.3, 0.4) is 0 Å². The number of benzene rings is 2. The normalized spacial score (nSPS) is 15.0. The molecule has 138 valence electrons. The van der Waals surface area contributed by atoms with E-state index in [0.717, 1.165) is 23.8 Å². The Morgan fingerprint density at radius 1 is 1.04 bits per heavy atom. The highest BCUT2D eigenvalue weighted by molar-refractivity contribution is 5.93. The summed E-state index contributed by atoms with van der Waals surface area (Å²) < 4.78 is 6.58. The fourth-order valence-electron chi connectivity index (χ4n) is 3.40. The molecule has 2 heterocycles. The van der Waals surface area contributed by atoms with Crippen molar-refractivity contribution in [3.8, 4) is 11.3 Å². The summed E-state index contributed by atoms with van der Waals surface area (Å²) in [4.78, 5) is 25.3. The lowest BCUT2D eigenvalue weighted by Gasteiger charge is -2.23. The summed E-state index contributed by atoms with van der Waals surface area (Å²) in [6.45, 7) is 1.20. The minimum absolute atomic E-state index is 0.0935. The van der Waals surface area contributed by atoms with Gasteiger partial charge in [-0.15, -0.1) is 0 Å². The molecule has 1 amide bonds. The molecular formula is C21H21N3O3. The van der Waals surface area contributed by atoms with E-state index in [1.54, 1.807) is 6.07 Å². The first-order valence-electron chi connectivity index (χ1n) is 9.15. The van der Waals surface area contributed by atoms with Gasteiger partial charge in [0.2, 0.25) is 5.91 Å². The SMILES string of the molecule is O=C(Cn1nc(-c2ccccc2)c2ccccc2c1=O)NC1CCOCC1. The quantitative estimate of drug-likeness (QED) is 0.772. The Morgan fingerprint density at radius 3 is 2.44 bits per heavy atom. The fourth-order valence-corrected chi connectivity index (χ4v) is 3.40. The molecule has 4 rings (SSSR count). The predicted molar refractivity (Wildman–Crippen MR) is 103 cm³/mol. The van der Waals surface area contributed by atoms with Crippen LogP contribution in [0.2, 0.25) is 0 Å². The van der Waals surface area contributed by atoms with Crippen molar-refractivity contribution in [2.75, 3.05) is 13.2 Å². The number of ether oxygens (including phenoxy) is 1. The number of aromatic nitrogens is 2. The van der Waals surface area contributed by atoms with Crippen LogP contribution in [-0.4, -0.2) is 34.9 Å². The molecular weight excluding hydrogens is 342 g/mol. The summed E-state index contributed by atoms with van der Waals surface area (Å²) in [5.74, 6) is -0.203. The van der Waals surface area contributed by atoms with Gasteiger partial charge < -0.3 is 10.1 Å². The van der Waals surface area contributed by atoms with Gasteiger partial charge in [0.1, 0.15) is 6.54 Å². The van der Waals surface area contributed by atoms with Crippen molar-refractivity contribution in [3.05, 3.63) is 65.0 Å². The van der Waals surface area contributed by atoms with Gasteiger partial charge in [0.15, 0.2) is 0 Å². The maximum Gasteiger partial charge on any atom is 0.275 e. The number of carbonyl (C=O) groups is 1. The Balaban J connectivity index is 1.69. The zero-order valence-electron chi connectivity index (χ0n) is 14.9. The van der Waals surface area contributed by atoms with Crippen LogP contribution >= 0.6 is 0 Å². The first-order chi connectivity index (χ1) is 13.2. The molecule has 0 radical (unpaired) electrons. The fraction of sp³-hybridized carbons (Fsp3) is 0.286. The molecule has 1 aliphatic heterocycles. The Bertz CT molecular complexity index is 1010. The Labute approximate surface area is 156 Å². The van der Waals surface area contributed by atoms with Crippen molar-refractivity contribution in [2.45, 2.75) is 25.4 Å². The lowest BCUT2D eigenvalue weighted by Crippen LogP contribution is -2.42. The van der Waals surface area contributed by atoms with Crippen molar-refractivity contribution < 1.29 is 9.53 Å². The molecule has 1 aromatic heterocycles. The third-order valence-corrected chi connectivity index (χ3v) is 4.79. The maximum atomic E-state index is 12.8. The Kier molecular flexibility index (Phi) is 4.98. The van der Waals surface area contributed by atoms with E-state index in [1.165, 1.54) is 4.68 Å². The van der Waals surface area contributed by atoms with Gasteiger partial charge >= 0.3 is 0 Å². The van der Waals surface area contributed by atoms with Gasteiger partial charge in [-0.1, -0.05) is 48.5 Å². The molecule has 1 saturated heterocycles. The van der Waals surface area contributed by atoms with Crippen LogP contribution < -0.4 is 10.9 Å². The number of nitrogens with one attached hydrogen (secondary N) is 1. The first kappa shape index (κ1) is 17.4. The highest BCUT2D eigenvalue weighted by atomic mass is 16.5. The second kappa shape index (κ2) is 7.72. The van der Waals surface area contributed by atoms with E-state index in [2.05, 4.69) is 10.4 Å².